The molecule has 0 aromatic rings. The van der Waals surface area contributed by atoms with E-state index in [4.69, 9.17) is 4.74 Å². The Balaban J connectivity index is 1.68. The molecule has 1 aliphatic heterocycles. The number of hydrogen-bond donors (Lipinski definition) is 0. The van der Waals surface area contributed by atoms with Crippen molar-refractivity contribution in [2.24, 2.45) is 11.8 Å². The van der Waals surface area contributed by atoms with Crippen molar-refractivity contribution in [1.29, 1.82) is 0 Å². The van der Waals surface area contributed by atoms with E-state index in [0.717, 1.165) is 25.5 Å². The lowest BCUT2D eigenvalue weighted by atomic mass is 10.0. The van der Waals surface area contributed by atoms with Crippen LogP contribution in [0.25, 0.3) is 0 Å². The van der Waals surface area contributed by atoms with Crippen LogP contribution in [-0.2, 0) is 9.53 Å². The van der Waals surface area contributed by atoms with Crippen LogP contribution in [-0.4, -0.2) is 44.0 Å². The molecule has 0 spiro atoms. The lowest BCUT2D eigenvalue weighted by Gasteiger charge is -2.21. The normalized spacial score (nSPS) is 26.8. The third-order valence-corrected chi connectivity index (χ3v) is 3.86. The molecule has 16 heavy (non-hydrogen) atoms. The van der Waals surface area contributed by atoms with Crippen molar-refractivity contribution in [3.05, 3.63) is 0 Å². The van der Waals surface area contributed by atoms with Gasteiger partial charge < -0.3 is 4.74 Å². The topological polar surface area (TPSA) is 29.5 Å². The highest BCUT2D eigenvalue weighted by Crippen LogP contribution is 2.25. The summed E-state index contributed by atoms with van der Waals surface area (Å²) >= 11 is 0. The summed E-state index contributed by atoms with van der Waals surface area (Å²) in [5.41, 5.74) is 0. The maximum atomic E-state index is 11.9. The summed E-state index contributed by atoms with van der Waals surface area (Å²) < 4.78 is 5.25. The van der Waals surface area contributed by atoms with Crippen LogP contribution >= 0.6 is 0 Å². The predicted molar refractivity (Wildman–Crippen MR) is 63.4 cm³/mol. The zero-order valence-corrected chi connectivity index (χ0v) is 10.3. The van der Waals surface area contributed by atoms with E-state index in [2.05, 4.69) is 11.9 Å². The van der Waals surface area contributed by atoms with E-state index in [1.54, 1.807) is 0 Å². The van der Waals surface area contributed by atoms with Crippen molar-refractivity contribution < 1.29 is 9.53 Å². The van der Waals surface area contributed by atoms with Gasteiger partial charge in [-0.2, -0.15) is 0 Å². The summed E-state index contributed by atoms with van der Waals surface area (Å²) in [6.45, 7) is 3.13. The second-order valence-corrected chi connectivity index (χ2v) is 5.37. The standard InChI is InChI=1S/C13H23NO2/c1-14(8-11-4-2-3-5-11)9-13(15)12-6-7-16-10-12/h11-12H,2-10H2,1H3. The van der Waals surface area contributed by atoms with E-state index in [0.29, 0.717) is 18.9 Å². The Morgan fingerprint density at radius 3 is 2.69 bits per heavy atom. The number of hydrogen-bond acceptors (Lipinski definition) is 3. The molecule has 2 rings (SSSR count). The average molecular weight is 225 g/mol. The van der Waals surface area contributed by atoms with Crippen LogP contribution in [0, 0.1) is 11.8 Å². The van der Waals surface area contributed by atoms with E-state index < -0.39 is 0 Å². The average Bonchev–Trinajstić information content (AvgIpc) is 2.88. The summed E-state index contributed by atoms with van der Waals surface area (Å²) in [6, 6.07) is 0. The molecule has 0 aromatic heterocycles. The number of carbonyl (C=O) groups excluding carboxylic acids is 1. The second-order valence-electron chi connectivity index (χ2n) is 5.37. The number of carbonyl (C=O) groups is 1. The summed E-state index contributed by atoms with van der Waals surface area (Å²) in [5.74, 6) is 1.38. The molecule has 92 valence electrons. The molecule has 1 saturated heterocycles. The smallest absolute Gasteiger partial charge is 0.152 e. The van der Waals surface area contributed by atoms with Gasteiger partial charge in [0.1, 0.15) is 0 Å². The Labute approximate surface area is 98.1 Å². The molecule has 3 nitrogen and oxygen atoms in total. The van der Waals surface area contributed by atoms with Crippen molar-refractivity contribution in [3.8, 4) is 0 Å². The van der Waals surface area contributed by atoms with Crippen LogP contribution in [0.1, 0.15) is 32.1 Å². The number of rotatable bonds is 5. The zero-order chi connectivity index (χ0) is 11.4. The van der Waals surface area contributed by atoms with Crippen molar-refractivity contribution >= 4 is 5.78 Å². The Morgan fingerprint density at radius 1 is 1.31 bits per heavy atom. The van der Waals surface area contributed by atoms with Crippen molar-refractivity contribution in [1.82, 2.24) is 4.90 Å². The number of Topliss-reactive ketones (excluding diaryl/α,β-unsaturated/α-hetero) is 1. The molecule has 0 amide bonds. The lowest BCUT2D eigenvalue weighted by Crippen LogP contribution is -2.33. The SMILES string of the molecule is CN(CC(=O)C1CCOC1)CC1CCCC1. The summed E-state index contributed by atoms with van der Waals surface area (Å²) in [4.78, 5) is 14.1. The van der Waals surface area contributed by atoms with Crippen LogP contribution < -0.4 is 0 Å². The number of likely N-dealkylation sites (N-methyl/N-ethyl adjacent to an activating group) is 1. The molecular formula is C13H23NO2. The Morgan fingerprint density at radius 2 is 2.06 bits per heavy atom. The monoisotopic (exact) mass is 225 g/mol. The van der Waals surface area contributed by atoms with Gasteiger partial charge in [0.15, 0.2) is 5.78 Å². The van der Waals surface area contributed by atoms with Crippen LogP contribution in [0.4, 0.5) is 0 Å². The lowest BCUT2D eigenvalue weighted by molar-refractivity contribution is -0.123. The Bertz CT molecular complexity index is 230. The second kappa shape index (κ2) is 5.78. The molecule has 0 aromatic carbocycles. The molecule has 0 bridgehead atoms. The molecule has 1 atom stereocenters. The summed E-state index contributed by atoms with van der Waals surface area (Å²) in [7, 11) is 2.08. The fourth-order valence-electron chi connectivity index (χ4n) is 2.88. The first-order valence-electron chi connectivity index (χ1n) is 6.54. The van der Waals surface area contributed by atoms with Gasteiger partial charge in [-0.05, 0) is 32.2 Å². The van der Waals surface area contributed by atoms with Crippen molar-refractivity contribution in [3.63, 3.8) is 0 Å². The van der Waals surface area contributed by atoms with Gasteiger partial charge in [0.25, 0.3) is 0 Å². The van der Waals surface area contributed by atoms with Gasteiger partial charge >= 0.3 is 0 Å². The largest absolute Gasteiger partial charge is 0.381 e. The molecule has 1 heterocycles. The number of ether oxygens (including phenoxy) is 1. The minimum atomic E-state index is 0.172. The maximum Gasteiger partial charge on any atom is 0.152 e. The van der Waals surface area contributed by atoms with Crippen molar-refractivity contribution in [2.45, 2.75) is 32.1 Å². The fourth-order valence-corrected chi connectivity index (χ4v) is 2.88. The minimum absolute atomic E-state index is 0.172. The van der Waals surface area contributed by atoms with E-state index >= 15 is 0 Å². The maximum absolute atomic E-state index is 11.9. The van der Waals surface area contributed by atoms with Crippen LogP contribution in [0.5, 0.6) is 0 Å². The molecule has 1 saturated carbocycles. The van der Waals surface area contributed by atoms with Crippen LogP contribution in [0.3, 0.4) is 0 Å². The van der Waals surface area contributed by atoms with Crippen LogP contribution in [0.15, 0.2) is 0 Å². The molecule has 2 aliphatic rings. The first-order valence-corrected chi connectivity index (χ1v) is 6.54. The summed E-state index contributed by atoms with van der Waals surface area (Å²) in [6.07, 6.45) is 6.39. The van der Waals surface area contributed by atoms with Crippen molar-refractivity contribution in [2.75, 3.05) is 33.4 Å². The van der Waals surface area contributed by atoms with E-state index in [9.17, 15) is 4.79 Å². The number of nitrogens with zero attached hydrogens (tertiary/aromatic N) is 1. The predicted octanol–water partition coefficient (Wildman–Crippen LogP) is 1.71. The van der Waals surface area contributed by atoms with Crippen LogP contribution in [0.2, 0.25) is 0 Å². The van der Waals surface area contributed by atoms with Gasteiger partial charge in [0.05, 0.1) is 13.2 Å². The molecule has 0 radical (unpaired) electrons. The van der Waals surface area contributed by atoms with Gasteiger partial charge in [0.2, 0.25) is 0 Å². The van der Waals surface area contributed by atoms with E-state index in [1.807, 2.05) is 0 Å². The van der Waals surface area contributed by atoms with E-state index in [-0.39, 0.29) is 5.92 Å². The van der Waals surface area contributed by atoms with Gasteiger partial charge in [-0.25, -0.2) is 0 Å². The number of ketones is 1. The molecule has 1 unspecified atom stereocenters. The quantitative estimate of drug-likeness (QED) is 0.713. The van der Waals surface area contributed by atoms with Gasteiger partial charge in [0, 0.05) is 19.1 Å². The third kappa shape index (κ3) is 3.29. The van der Waals surface area contributed by atoms with Gasteiger partial charge in [-0.3, -0.25) is 9.69 Å². The Kier molecular flexibility index (Phi) is 4.36. The fraction of sp³-hybridized carbons (Fsp3) is 0.923. The summed E-state index contributed by atoms with van der Waals surface area (Å²) in [5, 5.41) is 0. The highest BCUT2D eigenvalue weighted by molar-refractivity contribution is 5.83. The first-order chi connectivity index (χ1) is 7.75. The minimum Gasteiger partial charge on any atom is -0.381 e. The molecule has 1 aliphatic carbocycles. The molecule has 0 N–H and O–H groups in total. The van der Waals surface area contributed by atoms with Gasteiger partial charge in [-0.1, -0.05) is 12.8 Å². The highest BCUT2D eigenvalue weighted by atomic mass is 16.5. The molecule has 2 fully saturated rings. The third-order valence-electron chi connectivity index (χ3n) is 3.86. The first kappa shape index (κ1) is 12.1. The Hall–Kier alpha value is -0.410. The zero-order valence-electron chi connectivity index (χ0n) is 10.3. The molecular weight excluding hydrogens is 202 g/mol. The van der Waals surface area contributed by atoms with Gasteiger partial charge in [-0.15, -0.1) is 0 Å². The van der Waals surface area contributed by atoms with E-state index in [1.165, 1.54) is 25.7 Å². The highest BCUT2D eigenvalue weighted by Gasteiger charge is 2.25. The molecule has 3 heteroatoms.